The molecule has 2 saturated heterocycles. The van der Waals surface area contributed by atoms with E-state index in [0.29, 0.717) is 13.1 Å². The van der Waals surface area contributed by atoms with Gasteiger partial charge in [-0.2, -0.15) is 0 Å². The van der Waals surface area contributed by atoms with Gasteiger partial charge < -0.3 is 66.3 Å². The Bertz CT molecular complexity index is 615. The number of carbonyl (C=O) groups excluding carboxylic acids is 2. The molecule has 0 bridgehead atoms. The number of rotatable bonds is 12. The van der Waals surface area contributed by atoms with E-state index >= 15 is 0 Å². The summed E-state index contributed by atoms with van der Waals surface area (Å²) in [7, 11) is 0. The van der Waals surface area contributed by atoms with Crippen LogP contribution < -0.4 is 16.0 Å². The Hall–Kier alpha value is -1.50. The minimum atomic E-state index is -1.55. The van der Waals surface area contributed by atoms with Crippen molar-refractivity contribution in [3.05, 3.63) is 0 Å². The molecule has 2 amide bonds. The molecule has 0 aromatic carbocycles. The van der Waals surface area contributed by atoms with Gasteiger partial charge in [-0.1, -0.05) is 0 Å². The molecule has 0 aliphatic carbocycles. The third-order valence-electron chi connectivity index (χ3n) is 6.00. The van der Waals surface area contributed by atoms with E-state index in [1.165, 1.54) is 0 Å². The molecular weight excluding hydrogens is 474 g/mol. The molecule has 0 aromatic heterocycles. The Morgan fingerprint density at radius 2 is 0.886 bits per heavy atom. The molecule has 35 heavy (non-hydrogen) atoms. The molecular formula is C20H37N3O12. The van der Waals surface area contributed by atoms with Gasteiger partial charge in [-0.3, -0.25) is 9.59 Å². The third-order valence-corrected chi connectivity index (χ3v) is 6.00. The van der Waals surface area contributed by atoms with Crippen LogP contribution in [0.4, 0.5) is 0 Å². The zero-order chi connectivity index (χ0) is 26.1. The first kappa shape index (κ1) is 29.7. The van der Waals surface area contributed by atoms with E-state index in [2.05, 4.69) is 16.0 Å². The van der Waals surface area contributed by atoms with Gasteiger partial charge in [-0.25, -0.2) is 0 Å². The molecule has 2 rings (SSSR count). The Morgan fingerprint density at radius 3 is 1.23 bits per heavy atom. The molecule has 0 spiro atoms. The van der Waals surface area contributed by atoms with Crippen LogP contribution in [-0.2, 0) is 19.1 Å². The SMILES string of the molecule is O=C(C[C@@H]1O[C@H](CO)[C@H](O)[C@H](O)[C@H]1O)NCCNCCNC(=O)C[C@@H]1O[C@H](CO)[C@H](O)[C@H](O)[C@H]1O. The van der Waals surface area contributed by atoms with E-state index < -0.39 is 86.1 Å². The lowest BCUT2D eigenvalue weighted by Gasteiger charge is -2.39. The van der Waals surface area contributed by atoms with Crippen molar-refractivity contribution in [3.63, 3.8) is 0 Å². The van der Waals surface area contributed by atoms with Crippen LogP contribution in [-0.4, -0.2) is 153 Å². The summed E-state index contributed by atoms with van der Waals surface area (Å²) in [5.41, 5.74) is 0. The molecule has 0 radical (unpaired) electrons. The maximum Gasteiger partial charge on any atom is 0.222 e. The van der Waals surface area contributed by atoms with E-state index in [0.717, 1.165) is 0 Å². The standard InChI is InChI=1S/C20H37N3O12/c24-7-11-17(30)19(32)15(28)9(34-11)5-13(26)22-3-1-21-2-4-23-14(27)6-10-16(29)20(33)18(31)12(8-25)35-10/h9-12,15-21,24-25,28-33H,1-8H2,(H,22,26)(H,23,27)/t9-,10-,11+,12+,15-,16-,17-,18-,19+,20+/m0/s1. The highest BCUT2D eigenvalue weighted by molar-refractivity contribution is 5.77. The average Bonchev–Trinajstić information content (AvgIpc) is 2.84. The van der Waals surface area contributed by atoms with Crippen molar-refractivity contribution in [3.8, 4) is 0 Å². The van der Waals surface area contributed by atoms with E-state index in [-0.39, 0.29) is 25.9 Å². The Kier molecular flexibility index (Phi) is 12.1. The van der Waals surface area contributed by atoms with Crippen LogP contribution in [0.3, 0.4) is 0 Å². The summed E-state index contributed by atoms with van der Waals surface area (Å²) in [6, 6.07) is 0. The molecule has 0 aromatic rings. The van der Waals surface area contributed by atoms with Gasteiger partial charge in [0.2, 0.25) is 11.8 Å². The summed E-state index contributed by atoms with van der Waals surface area (Å²) in [5.74, 6) is -0.937. The highest BCUT2D eigenvalue weighted by atomic mass is 16.6. The van der Waals surface area contributed by atoms with Crippen molar-refractivity contribution in [1.82, 2.24) is 16.0 Å². The maximum absolute atomic E-state index is 12.0. The second-order valence-electron chi connectivity index (χ2n) is 8.59. The first-order valence-corrected chi connectivity index (χ1v) is 11.5. The molecule has 15 heteroatoms. The van der Waals surface area contributed by atoms with Crippen molar-refractivity contribution in [2.75, 3.05) is 39.4 Å². The smallest absolute Gasteiger partial charge is 0.222 e. The highest BCUT2D eigenvalue weighted by Crippen LogP contribution is 2.24. The van der Waals surface area contributed by atoms with Crippen molar-refractivity contribution in [2.24, 2.45) is 0 Å². The quantitative estimate of drug-likeness (QED) is 0.109. The van der Waals surface area contributed by atoms with Crippen molar-refractivity contribution >= 4 is 11.8 Å². The summed E-state index contributed by atoms with van der Waals surface area (Å²) >= 11 is 0. The lowest BCUT2D eigenvalue weighted by Crippen LogP contribution is -2.59. The summed E-state index contributed by atoms with van der Waals surface area (Å²) in [4.78, 5) is 24.1. The molecule has 204 valence electrons. The van der Waals surface area contributed by atoms with Gasteiger partial charge in [-0.15, -0.1) is 0 Å². The van der Waals surface area contributed by atoms with Crippen LogP contribution in [0, 0.1) is 0 Å². The fourth-order valence-electron chi connectivity index (χ4n) is 3.91. The Labute approximate surface area is 201 Å². The predicted molar refractivity (Wildman–Crippen MR) is 116 cm³/mol. The minimum Gasteiger partial charge on any atom is -0.394 e. The van der Waals surface area contributed by atoms with E-state index in [9.17, 15) is 50.4 Å². The molecule has 11 N–H and O–H groups in total. The number of hydrogen-bond donors (Lipinski definition) is 11. The zero-order valence-electron chi connectivity index (χ0n) is 19.1. The van der Waals surface area contributed by atoms with Crippen LogP contribution in [0.15, 0.2) is 0 Å². The molecule has 2 aliphatic heterocycles. The van der Waals surface area contributed by atoms with Crippen LogP contribution in [0.2, 0.25) is 0 Å². The van der Waals surface area contributed by atoms with Gasteiger partial charge in [0.25, 0.3) is 0 Å². The van der Waals surface area contributed by atoms with Gasteiger partial charge in [0.1, 0.15) is 48.8 Å². The van der Waals surface area contributed by atoms with Crippen LogP contribution in [0.1, 0.15) is 12.8 Å². The van der Waals surface area contributed by atoms with Gasteiger partial charge in [-0.05, 0) is 0 Å². The Morgan fingerprint density at radius 1 is 0.543 bits per heavy atom. The molecule has 2 heterocycles. The normalized spacial score (nSPS) is 37.6. The second kappa shape index (κ2) is 14.3. The number of nitrogens with one attached hydrogen (secondary N) is 3. The molecule has 15 nitrogen and oxygen atoms in total. The topological polar surface area (TPSA) is 251 Å². The van der Waals surface area contributed by atoms with Gasteiger partial charge >= 0.3 is 0 Å². The summed E-state index contributed by atoms with van der Waals surface area (Å²) in [5, 5.41) is 85.4. The van der Waals surface area contributed by atoms with Crippen molar-refractivity contribution in [2.45, 2.75) is 73.9 Å². The predicted octanol–water partition coefficient (Wildman–Crippen LogP) is -6.73. The van der Waals surface area contributed by atoms with Gasteiger partial charge in [0.05, 0.1) is 38.3 Å². The fraction of sp³-hybridized carbons (Fsp3) is 0.900. The lowest BCUT2D eigenvalue weighted by molar-refractivity contribution is -0.229. The number of ether oxygens (including phenoxy) is 2. The number of aliphatic hydroxyl groups is 8. The first-order chi connectivity index (χ1) is 16.6. The second-order valence-corrected chi connectivity index (χ2v) is 8.59. The van der Waals surface area contributed by atoms with Crippen LogP contribution >= 0.6 is 0 Å². The summed E-state index contributed by atoms with van der Waals surface area (Å²) < 4.78 is 10.6. The van der Waals surface area contributed by atoms with Crippen molar-refractivity contribution in [1.29, 1.82) is 0 Å². The fourth-order valence-corrected chi connectivity index (χ4v) is 3.91. The van der Waals surface area contributed by atoms with E-state index in [4.69, 9.17) is 9.47 Å². The summed E-state index contributed by atoms with van der Waals surface area (Å²) in [6.07, 6.45) is -13.9. The minimum absolute atomic E-state index is 0.217. The Balaban J connectivity index is 1.57. The number of carbonyl (C=O) groups is 2. The van der Waals surface area contributed by atoms with E-state index in [1.807, 2.05) is 0 Å². The first-order valence-electron chi connectivity index (χ1n) is 11.5. The van der Waals surface area contributed by atoms with Crippen LogP contribution in [0.5, 0.6) is 0 Å². The molecule has 2 fully saturated rings. The molecule has 0 saturated carbocycles. The monoisotopic (exact) mass is 511 g/mol. The van der Waals surface area contributed by atoms with Gasteiger partial charge in [0.15, 0.2) is 0 Å². The average molecular weight is 512 g/mol. The highest BCUT2D eigenvalue weighted by Gasteiger charge is 2.44. The van der Waals surface area contributed by atoms with Crippen LogP contribution in [0.25, 0.3) is 0 Å². The zero-order valence-corrected chi connectivity index (χ0v) is 19.1. The lowest BCUT2D eigenvalue weighted by atomic mass is 9.93. The van der Waals surface area contributed by atoms with Crippen molar-refractivity contribution < 1.29 is 59.9 Å². The maximum atomic E-state index is 12.0. The molecule has 0 unspecified atom stereocenters. The molecule has 10 atom stereocenters. The third kappa shape index (κ3) is 8.26. The number of amides is 2. The molecule has 2 aliphatic rings. The van der Waals surface area contributed by atoms with E-state index in [1.54, 1.807) is 0 Å². The van der Waals surface area contributed by atoms with Gasteiger partial charge in [0, 0.05) is 26.2 Å². The largest absolute Gasteiger partial charge is 0.394 e. The summed E-state index contributed by atoms with van der Waals surface area (Å²) in [6.45, 7) is -0.0196. The number of aliphatic hydroxyl groups excluding tert-OH is 8. The number of hydrogen-bond acceptors (Lipinski definition) is 13.